The molecule has 106 valence electrons. The van der Waals surface area contributed by atoms with Crippen molar-refractivity contribution in [3.05, 3.63) is 40.2 Å². The minimum Gasteiger partial charge on any atom is -0.383 e. The van der Waals surface area contributed by atoms with Gasteiger partial charge >= 0.3 is 5.24 Å². The van der Waals surface area contributed by atoms with Crippen LogP contribution >= 0.6 is 12.6 Å². The Balaban J connectivity index is 2.79. The highest BCUT2D eigenvalue weighted by Gasteiger charge is 2.22. The number of anilines is 1. The number of aryl methyl sites for hydroxylation is 1. The summed E-state index contributed by atoms with van der Waals surface area (Å²) in [5.74, 6) is 0.137. The van der Waals surface area contributed by atoms with E-state index in [2.05, 4.69) is 12.6 Å². The van der Waals surface area contributed by atoms with E-state index in [1.54, 1.807) is 0 Å². The number of rotatable bonds is 3. The number of carbonyl (C=O) groups excluding carboxylic acids is 1. The Labute approximate surface area is 122 Å². The molecular weight excluding hydrogens is 274 g/mol. The molecule has 0 amide bonds. The quantitative estimate of drug-likeness (QED) is 0.854. The molecule has 0 aliphatic heterocycles. The van der Waals surface area contributed by atoms with Crippen LogP contribution in [0.2, 0.25) is 0 Å². The van der Waals surface area contributed by atoms with Crippen LogP contribution in [0.25, 0.3) is 11.1 Å². The van der Waals surface area contributed by atoms with Crippen LogP contribution in [-0.2, 0) is 6.54 Å². The van der Waals surface area contributed by atoms with E-state index in [0.29, 0.717) is 12.1 Å². The van der Waals surface area contributed by atoms with Crippen LogP contribution in [0.4, 0.5) is 10.6 Å². The predicted octanol–water partition coefficient (Wildman–Crippen LogP) is 2.52. The summed E-state index contributed by atoms with van der Waals surface area (Å²) in [7, 11) is 0. The fourth-order valence-corrected chi connectivity index (χ4v) is 2.51. The monoisotopic (exact) mass is 291 g/mol. The van der Waals surface area contributed by atoms with E-state index in [4.69, 9.17) is 5.73 Å². The number of hydrogen-bond acceptors (Lipinski definition) is 3. The molecule has 0 atom stereocenters. The van der Waals surface area contributed by atoms with Gasteiger partial charge in [-0.05, 0) is 24.5 Å². The maximum Gasteiger partial charge on any atom is 0.303 e. The molecule has 1 aromatic heterocycles. The summed E-state index contributed by atoms with van der Waals surface area (Å²) in [6.45, 7) is 4.25. The van der Waals surface area contributed by atoms with Gasteiger partial charge < -0.3 is 5.73 Å². The molecule has 0 fully saturated rings. The number of hydrogen-bond donors (Lipinski definition) is 2. The van der Waals surface area contributed by atoms with Crippen molar-refractivity contribution >= 4 is 23.7 Å². The summed E-state index contributed by atoms with van der Waals surface area (Å²) in [5.41, 5.74) is 7.78. The molecular formula is C14H17N3O2S. The average molecular weight is 291 g/mol. The topological polar surface area (TPSA) is 70.0 Å². The van der Waals surface area contributed by atoms with E-state index in [1.165, 1.54) is 4.68 Å². The Hall–Kier alpha value is -1.95. The molecule has 0 aliphatic rings. The van der Waals surface area contributed by atoms with E-state index in [0.717, 1.165) is 22.2 Å². The Morgan fingerprint density at radius 2 is 2.00 bits per heavy atom. The zero-order valence-corrected chi connectivity index (χ0v) is 12.4. The lowest BCUT2D eigenvalue weighted by atomic mass is 10.0. The summed E-state index contributed by atoms with van der Waals surface area (Å²) in [6.07, 6.45) is 0.720. The minimum absolute atomic E-state index is 0.137. The molecule has 1 aromatic carbocycles. The van der Waals surface area contributed by atoms with Gasteiger partial charge in [0.2, 0.25) is 0 Å². The van der Waals surface area contributed by atoms with E-state index >= 15 is 0 Å². The van der Waals surface area contributed by atoms with Crippen LogP contribution in [0.1, 0.15) is 18.9 Å². The van der Waals surface area contributed by atoms with E-state index in [-0.39, 0.29) is 11.4 Å². The van der Waals surface area contributed by atoms with Gasteiger partial charge in [0.1, 0.15) is 5.82 Å². The van der Waals surface area contributed by atoms with Crippen molar-refractivity contribution in [2.24, 2.45) is 0 Å². The Morgan fingerprint density at radius 1 is 1.35 bits per heavy atom. The molecule has 1 heterocycles. The van der Waals surface area contributed by atoms with Crippen molar-refractivity contribution in [3.8, 4) is 11.1 Å². The van der Waals surface area contributed by atoms with Crippen molar-refractivity contribution in [2.75, 3.05) is 5.73 Å². The normalized spacial score (nSPS) is 10.8. The number of aromatic nitrogens is 2. The molecule has 0 spiro atoms. The number of thiol groups is 1. The molecule has 20 heavy (non-hydrogen) atoms. The number of nitrogen functional groups attached to an aromatic ring is 1. The molecule has 6 heteroatoms. The third-order valence-electron chi connectivity index (χ3n) is 3.21. The first-order chi connectivity index (χ1) is 9.49. The molecule has 2 aromatic rings. The lowest BCUT2D eigenvalue weighted by Gasteiger charge is -2.07. The van der Waals surface area contributed by atoms with Gasteiger partial charge in [-0.25, -0.2) is 4.68 Å². The number of nitrogens with zero attached hydrogens (tertiary/aromatic N) is 2. The molecule has 0 saturated carbocycles. The van der Waals surface area contributed by atoms with Crippen LogP contribution in [-0.4, -0.2) is 14.6 Å². The standard InChI is InChI=1S/C14H17N3O2S/c1-3-8-16-13(18)11(12(15)17(16)14(19)20)10-7-5-4-6-9(10)2/h4-7H,3,8,15H2,1-2H3,(H,19,20). The molecule has 0 saturated heterocycles. The third-order valence-corrected chi connectivity index (χ3v) is 3.39. The van der Waals surface area contributed by atoms with Crippen molar-refractivity contribution in [1.29, 1.82) is 0 Å². The zero-order chi connectivity index (χ0) is 14.9. The minimum atomic E-state index is -0.562. The van der Waals surface area contributed by atoms with Gasteiger partial charge in [-0.2, -0.15) is 4.68 Å². The van der Waals surface area contributed by atoms with Crippen molar-refractivity contribution in [2.45, 2.75) is 26.8 Å². The molecule has 5 nitrogen and oxygen atoms in total. The fraction of sp³-hybridized carbons (Fsp3) is 0.286. The first-order valence-electron chi connectivity index (χ1n) is 6.39. The van der Waals surface area contributed by atoms with Crippen LogP contribution in [0.15, 0.2) is 29.1 Å². The van der Waals surface area contributed by atoms with Gasteiger partial charge in [0.25, 0.3) is 5.56 Å². The molecule has 0 aliphatic carbocycles. The summed E-state index contributed by atoms with van der Waals surface area (Å²) < 4.78 is 2.48. The lowest BCUT2D eigenvalue weighted by molar-refractivity contribution is 0.256. The highest BCUT2D eigenvalue weighted by Crippen LogP contribution is 2.26. The van der Waals surface area contributed by atoms with Gasteiger partial charge in [0.05, 0.1) is 5.56 Å². The Bertz CT molecular complexity index is 716. The molecule has 0 radical (unpaired) electrons. The van der Waals surface area contributed by atoms with Gasteiger partial charge in [0.15, 0.2) is 0 Å². The van der Waals surface area contributed by atoms with Crippen molar-refractivity contribution in [1.82, 2.24) is 9.36 Å². The summed E-state index contributed by atoms with van der Waals surface area (Å²) in [5, 5.41) is -0.562. The van der Waals surface area contributed by atoms with Gasteiger partial charge in [0, 0.05) is 6.54 Å². The largest absolute Gasteiger partial charge is 0.383 e. The van der Waals surface area contributed by atoms with Gasteiger partial charge in [-0.3, -0.25) is 9.59 Å². The molecule has 0 bridgehead atoms. The second-order valence-electron chi connectivity index (χ2n) is 4.60. The van der Waals surface area contributed by atoms with E-state index in [1.807, 2.05) is 38.1 Å². The highest BCUT2D eigenvalue weighted by atomic mass is 32.1. The van der Waals surface area contributed by atoms with Crippen LogP contribution < -0.4 is 11.3 Å². The van der Waals surface area contributed by atoms with E-state index in [9.17, 15) is 9.59 Å². The zero-order valence-electron chi connectivity index (χ0n) is 11.5. The van der Waals surface area contributed by atoms with Crippen LogP contribution in [0.3, 0.4) is 0 Å². The highest BCUT2D eigenvalue weighted by molar-refractivity contribution is 7.96. The molecule has 2 rings (SSSR count). The SMILES string of the molecule is CCCn1c(=O)c(-c2ccccc2C)c(N)n1C(=O)S. The second-order valence-corrected chi connectivity index (χ2v) is 4.98. The number of benzene rings is 1. The third kappa shape index (κ3) is 2.27. The smallest absolute Gasteiger partial charge is 0.303 e. The number of nitrogens with two attached hydrogens (primary N) is 1. The lowest BCUT2D eigenvalue weighted by Crippen LogP contribution is -2.25. The fourth-order valence-electron chi connectivity index (χ4n) is 2.29. The Kier molecular flexibility index (Phi) is 4.04. The first kappa shape index (κ1) is 14.5. The molecule has 0 unspecified atom stereocenters. The maximum atomic E-state index is 12.5. The summed E-state index contributed by atoms with van der Waals surface area (Å²) >= 11 is 3.80. The van der Waals surface area contributed by atoms with Gasteiger partial charge in [-0.15, -0.1) is 0 Å². The first-order valence-corrected chi connectivity index (χ1v) is 6.84. The van der Waals surface area contributed by atoms with Crippen molar-refractivity contribution in [3.63, 3.8) is 0 Å². The Morgan fingerprint density at radius 3 is 2.55 bits per heavy atom. The summed E-state index contributed by atoms with van der Waals surface area (Å²) in [4.78, 5) is 24.2. The van der Waals surface area contributed by atoms with Crippen LogP contribution in [0, 0.1) is 6.92 Å². The summed E-state index contributed by atoms with van der Waals surface area (Å²) in [6, 6.07) is 7.45. The van der Waals surface area contributed by atoms with Crippen molar-refractivity contribution < 1.29 is 4.79 Å². The average Bonchev–Trinajstić information content (AvgIpc) is 2.63. The van der Waals surface area contributed by atoms with Gasteiger partial charge in [-0.1, -0.05) is 43.8 Å². The van der Waals surface area contributed by atoms with Crippen LogP contribution in [0.5, 0.6) is 0 Å². The maximum absolute atomic E-state index is 12.5. The number of carbonyl (C=O) groups is 1. The second kappa shape index (κ2) is 5.58. The van der Waals surface area contributed by atoms with E-state index < -0.39 is 5.24 Å². The molecule has 2 N–H and O–H groups in total. The predicted molar refractivity (Wildman–Crippen MR) is 83.3 cm³/mol.